The number of nitrogens with one attached hydrogen (secondary N) is 1. The highest BCUT2D eigenvalue weighted by atomic mass is 35.5. The Kier molecular flexibility index (Phi) is 5.94. The zero-order chi connectivity index (χ0) is 20.3. The molecule has 28 heavy (non-hydrogen) atoms. The summed E-state index contributed by atoms with van der Waals surface area (Å²) >= 11 is 5.96. The Balaban J connectivity index is 1.59. The van der Waals surface area contributed by atoms with Crippen molar-refractivity contribution in [3.63, 3.8) is 0 Å². The summed E-state index contributed by atoms with van der Waals surface area (Å²) in [6, 6.07) is 15.0. The molecule has 2 aromatic rings. The van der Waals surface area contributed by atoms with Crippen LogP contribution in [-0.2, 0) is 10.2 Å². The van der Waals surface area contributed by atoms with Gasteiger partial charge in [0.05, 0.1) is 5.41 Å². The van der Waals surface area contributed by atoms with Crippen molar-refractivity contribution < 1.29 is 9.59 Å². The molecule has 3 rings (SSSR count). The maximum Gasteiger partial charge on any atom is 0.321 e. The maximum absolute atomic E-state index is 13.1. The summed E-state index contributed by atoms with van der Waals surface area (Å²) in [6.45, 7) is 7.92. The Hall–Kier alpha value is -2.53. The summed E-state index contributed by atoms with van der Waals surface area (Å²) in [5.41, 5.74) is 2.17. The summed E-state index contributed by atoms with van der Waals surface area (Å²) in [4.78, 5) is 29.2. The van der Waals surface area contributed by atoms with Crippen LogP contribution in [0, 0.1) is 6.92 Å². The molecule has 0 atom stereocenters. The second kappa shape index (κ2) is 8.23. The van der Waals surface area contributed by atoms with Crippen LogP contribution in [0.1, 0.15) is 25.0 Å². The minimum atomic E-state index is -0.642. The molecule has 1 N–H and O–H groups in total. The monoisotopic (exact) mass is 399 g/mol. The van der Waals surface area contributed by atoms with Crippen molar-refractivity contribution in [3.8, 4) is 0 Å². The predicted octanol–water partition coefficient (Wildman–Crippen LogP) is 4.30. The van der Waals surface area contributed by atoms with Crippen molar-refractivity contribution in [2.24, 2.45) is 0 Å². The van der Waals surface area contributed by atoms with Crippen LogP contribution in [0.3, 0.4) is 0 Å². The number of carbonyl (C=O) groups excluding carboxylic acids is 2. The zero-order valence-corrected chi connectivity index (χ0v) is 17.3. The van der Waals surface area contributed by atoms with Gasteiger partial charge in [0.2, 0.25) is 5.91 Å². The minimum Gasteiger partial charge on any atom is -0.338 e. The Morgan fingerprint density at radius 2 is 1.57 bits per heavy atom. The molecule has 0 saturated carbocycles. The van der Waals surface area contributed by atoms with Gasteiger partial charge in [0.1, 0.15) is 0 Å². The number of aryl methyl sites for hydroxylation is 1. The standard InChI is InChI=1S/C22H26ClN3O2/c1-16-5-4-6-19(15-16)24-21(28)26-13-11-25(12-14-26)20(27)22(2,3)17-7-9-18(23)10-8-17/h4-10,15H,11-14H2,1-3H3,(H,24,28). The first-order valence-corrected chi connectivity index (χ1v) is 9.83. The van der Waals surface area contributed by atoms with E-state index < -0.39 is 5.41 Å². The first kappa shape index (κ1) is 20.2. The highest BCUT2D eigenvalue weighted by Crippen LogP contribution is 2.27. The van der Waals surface area contributed by atoms with Crippen molar-refractivity contribution in [2.45, 2.75) is 26.2 Å². The van der Waals surface area contributed by atoms with Crippen LogP contribution in [0.5, 0.6) is 0 Å². The van der Waals surface area contributed by atoms with E-state index in [-0.39, 0.29) is 11.9 Å². The fraction of sp³-hybridized carbons (Fsp3) is 0.364. The highest BCUT2D eigenvalue weighted by molar-refractivity contribution is 6.30. The Morgan fingerprint density at radius 1 is 0.964 bits per heavy atom. The third kappa shape index (κ3) is 4.47. The van der Waals surface area contributed by atoms with Crippen LogP contribution < -0.4 is 5.32 Å². The van der Waals surface area contributed by atoms with Gasteiger partial charge in [-0.05, 0) is 56.2 Å². The number of urea groups is 1. The number of anilines is 1. The van der Waals surface area contributed by atoms with E-state index >= 15 is 0 Å². The number of benzene rings is 2. The van der Waals surface area contributed by atoms with Gasteiger partial charge in [-0.3, -0.25) is 4.79 Å². The van der Waals surface area contributed by atoms with Crippen LogP contribution >= 0.6 is 11.6 Å². The second-order valence-electron chi connectivity index (χ2n) is 7.71. The molecule has 1 aliphatic heterocycles. The van der Waals surface area contributed by atoms with E-state index in [4.69, 9.17) is 11.6 Å². The third-order valence-corrected chi connectivity index (χ3v) is 5.48. The topological polar surface area (TPSA) is 52.7 Å². The number of nitrogens with zero attached hydrogens (tertiary/aromatic N) is 2. The largest absolute Gasteiger partial charge is 0.338 e. The number of hydrogen-bond donors (Lipinski definition) is 1. The molecule has 1 saturated heterocycles. The molecule has 1 aliphatic rings. The summed E-state index contributed by atoms with van der Waals surface area (Å²) in [7, 11) is 0. The highest BCUT2D eigenvalue weighted by Gasteiger charge is 2.35. The summed E-state index contributed by atoms with van der Waals surface area (Å²) in [5.74, 6) is 0.0635. The van der Waals surface area contributed by atoms with Crippen LogP contribution in [0.2, 0.25) is 5.02 Å². The second-order valence-corrected chi connectivity index (χ2v) is 8.15. The van der Waals surface area contributed by atoms with E-state index in [2.05, 4.69) is 5.32 Å². The Morgan fingerprint density at radius 3 is 2.18 bits per heavy atom. The molecule has 2 aromatic carbocycles. The average Bonchev–Trinajstić information content (AvgIpc) is 2.68. The van der Waals surface area contributed by atoms with Crippen molar-refractivity contribution in [1.29, 1.82) is 0 Å². The van der Waals surface area contributed by atoms with Crippen LogP contribution in [0.25, 0.3) is 0 Å². The van der Waals surface area contributed by atoms with E-state index in [0.717, 1.165) is 16.8 Å². The van der Waals surface area contributed by atoms with Crippen molar-refractivity contribution in [3.05, 3.63) is 64.7 Å². The van der Waals surface area contributed by atoms with Crippen LogP contribution in [0.15, 0.2) is 48.5 Å². The minimum absolute atomic E-state index is 0.0635. The molecule has 0 spiro atoms. The Labute approximate surface area is 171 Å². The van der Waals surface area contributed by atoms with Gasteiger partial charge in [0.15, 0.2) is 0 Å². The first-order chi connectivity index (χ1) is 13.3. The smallest absolute Gasteiger partial charge is 0.321 e. The van der Waals surface area contributed by atoms with Crippen molar-refractivity contribution in [1.82, 2.24) is 9.80 Å². The number of rotatable bonds is 3. The quantitative estimate of drug-likeness (QED) is 0.836. The molecule has 148 valence electrons. The SMILES string of the molecule is Cc1cccc(NC(=O)N2CCN(C(=O)C(C)(C)c3ccc(Cl)cc3)CC2)c1. The van der Waals surface area contributed by atoms with Crippen molar-refractivity contribution in [2.75, 3.05) is 31.5 Å². The van der Waals surface area contributed by atoms with E-state index in [9.17, 15) is 9.59 Å². The molecule has 6 heteroatoms. The molecule has 5 nitrogen and oxygen atoms in total. The van der Waals surface area contributed by atoms with Crippen molar-refractivity contribution >= 4 is 29.2 Å². The van der Waals surface area contributed by atoms with E-state index in [1.54, 1.807) is 17.0 Å². The van der Waals surface area contributed by atoms with Gasteiger partial charge >= 0.3 is 6.03 Å². The lowest BCUT2D eigenvalue weighted by molar-refractivity contribution is -0.137. The van der Waals surface area contributed by atoms with Gasteiger partial charge < -0.3 is 15.1 Å². The number of hydrogen-bond acceptors (Lipinski definition) is 2. The van der Waals surface area contributed by atoms with Gasteiger partial charge in [-0.25, -0.2) is 4.79 Å². The molecule has 1 heterocycles. The Bertz CT molecular complexity index is 856. The van der Waals surface area contributed by atoms with Gasteiger partial charge in [-0.2, -0.15) is 0 Å². The lowest BCUT2D eigenvalue weighted by atomic mass is 9.83. The molecule has 0 aliphatic carbocycles. The summed E-state index contributed by atoms with van der Waals surface area (Å²) in [5, 5.41) is 3.58. The van der Waals surface area contributed by atoms with E-state index in [0.29, 0.717) is 31.2 Å². The molecule has 0 bridgehead atoms. The number of carbonyl (C=O) groups is 2. The van der Waals surface area contributed by atoms with Crippen LogP contribution in [-0.4, -0.2) is 47.9 Å². The molecule has 0 radical (unpaired) electrons. The molecule has 0 aromatic heterocycles. The van der Waals surface area contributed by atoms with Gasteiger partial charge in [0.25, 0.3) is 0 Å². The third-order valence-electron chi connectivity index (χ3n) is 5.22. The number of halogens is 1. The molecular formula is C22H26ClN3O2. The number of amides is 3. The molecule has 0 unspecified atom stereocenters. The summed E-state index contributed by atoms with van der Waals surface area (Å²) in [6.07, 6.45) is 0. The lowest BCUT2D eigenvalue weighted by Crippen LogP contribution is -2.55. The lowest BCUT2D eigenvalue weighted by Gasteiger charge is -2.38. The van der Waals surface area contributed by atoms with E-state index in [1.807, 2.05) is 62.1 Å². The molecular weight excluding hydrogens is 374 g/mol. The fourth-order valence-corrected chi connectivity index (χ4v) is 3.55. The molecule has 1 fully saturated rings. The predicted molar refractivity (Wildman–Crippen MR) is 113 cm³/mol. The molecule has 3 amide bonds. The fourth-order valence-electron chi connectivity index (χ4n) is 3.42. The number of piperazine rings is 1. The maximum atomic E-state index is 13.1. The van der Waals surface area contributed by atoms with Crippen LogP contribution in [0.4, 0.5) is 10.5 Å². The first-order valence-electron chi connectivity index (χ1n) is 9.45. The van der Waals surface area contributed by atoms with Gasteiger partial charge in [-0.1, -0.05) is 35.9 Å². The van der Waals surface area contributed by atoms with Gasteiger partial charge in [0, 0.05) is 36.9 Å². The van der Waals surface area contributed by atoms with E-state index in [1.165, 1.54) is 0 Å². The normalized spacial score (nSPS) is 14.7. The van der Waals surface area contributed by atoms with Gasteiger partial charge in [-0.15, -0.1) is 0 Å². The summed E-state index contributed by atoms with van der Waals surface area (Å²) < 4.78 is 0. The average molecular weight is 400 g/mol. The zero-order valence-electron chi connectivity index (χ0n) is 16.5.